The van der Waals surface area contributed by atoms with Crippen molar-refractivity contribution < 1.29 is 4.79 Å². The number of aliphatic imine (C=N–C) groups is 1. The fourth-order valence-corrected chi connectivity index (χ4v) is 3.17. The Hall–Kier alpha value is -2.08. The Bertz CT molecular complexity index is 606. The molecule has 0 unspecified atom stereocenters. The van der Waals surface area contributed by atoms with Crippen molar-refractivity contribution in [1.82, 2.24) is 20.4 Å². The number of nitrogens with zero attached hydrogens (tertiary/aromatic N) is 3. The molecule has 0 aliphatic carbocycles. The molecule has 156 valence electrons. The van der Waals surface area contributed by atoms with Crippen molar-refractivity contribution in [2.24, 2.45) is 4.99 Å². The lowest BCUT2D eigenvalue weighted by Crippen LogP contribution is -2.43. The quantitative estimate of drug-likeness (QED) is 0.388. The van der Waals surface area contributed by atoms with E-state index in [9.17, 15) is 4.79 Å². The largest absolute Gasteiger partial charge is 0.356 e. The summed E-state index contributed by atoms with van der Waals surface area (Å²) >= 11 is 0. The van der Waals surface area contributed by atoms with Gasteiger partial charge >= 0.3 is 0 Å². The van der Waals surface area contributed by atoms with Crippen LogP contribution in [0.1, 0.15) is 50.2 Å². The third-order valence-electron chi connectivity index (χ3n) is 5.03. The summed E-state index contributed by atoms with van der Waals surface area (Å²) in [6, 6.07) is 8.76. The maximum absolute atomic E-state index is 11.8. The Labute approximate surface area is 170 Å². The minimum Gasteiger partial charge on any atom is -0.356 e. The van der Waals surface area contributed by atoms with Gasteiger partial charge < -0.3 is 15.5 Å². The molecule has 6 heteroatoms. The maximum atomic E-state index is 11.8. The van der Waals surface area contributed by atoms with Crippen molar-refractivity contribution in [3.05, 3.63) is 35.4 Å². The van der Waals surface area contributed by atoms with Crippen molar-refractivity contribution in [1.29, 1.82) is 0 Å². The van der Waals surface area contributed by atoms with Crippen LogP contribution in [0, 0.1) is 0 Å². The Balaban J connectivity index is 1.88. The molecule has 0 saturated carbocycles. The lowest BCUT2D eigenvalue weighted by molar-refractivity contribution is -0.127. The van der Waals surface area contributed by atoms with E-state index < -0.39 is 0 Å². The van der Waals surface area contributed by atoms with Gasteiger partial charge in [-0.15, -0.1) is 0 Å². The van der Waals surface area contributed by atoms with Gasteiger partial charge in [0.1, 0.15) is 0 Å². The van der Waals surface area contributed by atoms with E-state index in [1.807, 2.05) is 0 Å². The van der Waals surface area contributed by atoms with Crippen LogP contribution < -0.4 is 10.6 Å². The zero-order chi connectivity index (χ0) is 20.2. The molecular formula is C22H37N5O. The number of nitrogens with one attached hydrogen (secondary N) is 2. The molecule has 1 amide bonds. The molecule has 0 atom stereocenters. The van der Waals surface area contributed by atoms with Gasteiger partial charge in [0.15, 0.2) is 5.96 Å². The van der Waals surface area contributed by atoms with Gasteiger partial charge in [0.25, 0.3) is 0 Å². The van der Waals surface area contributed by atoms with Crippen LogP contribution in [0.2, 0.25) is 0 Å². The number of hydrogen-bond acceptors (Lipinski definition) is 3. The van der Waals surface area contributed by atoms with Gasteiger partial charge in [-0.1, -0.05) is 44.0 Å². The van der Waals surface area contributed by atoms with E-state index in [-0.39, 0.29) is 12.5 Å². The average Bonchev–Trinajstić information content (AvgIpc) is 2.71. The molecule has 2 N–H and O–H groups in total. The summed E-state index contributed by atoms with van der Waals surface area (Å²) in [4.78, 5) is 20.6. The number of benzene rings is 1. The summed E-state index contributed by atoms with van der Waals surface area (Å²) in [7, 11) is 3.52. The Kier molecular flexibility index (Phi) is 9.83. The third kappa shape index (κ3) is 8.30. The standard InChI is InChI=1S/C22H37N5O/c1-4-5-13-23-22(25-17-21(28)26(2)3)24-16-19-9-11-20(12-10-19)18-27-14-7-6-8-15-27/h9-12H,4-8,13-18H2,1-3H3,(H2,23,24,25). The molecule has 1 aliphatic rings. The SMILES string of the molecule is CCCCNC(=NCc1ccc(CN2CCCCC2)cc1)NCC(=O)N(C)C. The molecule has 28 heavy (non-hydrogen) atoms. The number of likely N-dealkylation sites (N-methyl/N-ethyl adjacent to an activating group) is 1. The van der Waals surface area contributed by atoms with E-state index in [0.717, 1.165) is 25.9 Å². The number of hydrogen-bond donors (Lipinski definition) is 2. The van der Waals surface area contributed by atoms with E-state index in [1.54, 1.807) is 19.0 Å². The van der Waals surface area contributed by atoms with Crippen LogP contribution in [0.25, 0.3) is 0 Å². The highest BCUT2D eigenvalue weighted by atomic mass is 16.2. The summed E-state index contributed by atoms with van der Waals surface area (Å²) in [6.07, 6.45) is 6.22. The molecule has 0 aromatic heterocycles. The van der Waals surface area contributed by atoms with Crippen molar-refractivity contribution >= 4 is 11.9 Å². The van der Waals surface area contributed by atoms with Gasteiger partial charge in [-0.05, 0) is 43.5 Å². The molecule has 1 aromatic carbocycles. The maximum Gasteiger partial charge on any atom is 0.241 e. The van der Waals surface area contributed by atoms with E-state index in [2.05, 4.69) is 51.7 Å². The summed E-state index contributed by atoms with van der Waals surface area (Å²) < 4.78 is 0. The van der Waals surface area contributed by atoms with Crippen LogP contribution in [-0.4, -0.2) is 61.9 Å². The van der Waals surface area contributed by atoms with Crippen LogP contribution in [-0.2, 0) is 17.9 Å². The molecule has 0 spiro atoms. The third-order valence-corrected chi connectivity index (χ3v) is 5.03. The molecule has 1 heterocycles. The monoisotopic (exact) mass is 387 g/mol. The second-order valence-electron chi connectivity index (χ2n) is 7.74. The van der Waals surface area contributed by atoms with Crippen LogP contribution in [0.15, 0.2) is 29.3 Å². The lowest BCUT2D eigenvalue weighted by Gasteiger charge is -2.26. The molecule has 0 radical (unpaired) electrons. The van der Waals surface area contributed by atoms with E-state index >= 15 is 0 Å². The van der Waals surface area contributed by atoms with Crippen LogP contribution in [0.4, 0.5) is 0 Å². The normalized spacial score (nSPS) is 15.3. The number of unbranched alkanes of at least 4 members (excludes halogenated alkanes) is 1. The zero-order valence-electron chi connectivity index (χ0n) is 17.8. The fraction of sp³-hybridized carbons (Fsp3) is 0.636. The second-order valence-corrected chi connectivity index (χ2v) is 7.74. The molecular weight excluding hydrogens is 350 g/mol. The van der Waals surface area contributed by atoms with Gasteiger partial charge in [0.05, 0.1) is 13.1 Å². The smallest absolute Gasteiger partial charge is 0.241 e. The van der Waals surface area contributed by atoms with Gasteiger partial charge in [0, 0.05) is 27.2 Å². The highest BCUT2D eigenvalue weighted by Gasteiger charge is 2.10. The molecule has 2 rings (SSSR count). The molecule has 1 aromatic rings. The molecule has 0 bridgehead atoms. The molecule has 1 aliphatic heterocycles. The van der Waals surface area contributed by atoms with Crippen LogP contribution >= 0.6 is 0 Å². The van der Waals surface area contributed by atoms with Crippen LogP contribution in [0.5, 0.6) is 0 Å². The first-order chi connectivity index (χ1) is 13.6. The topological polar surface area (TPSA) is 60.0 Å². The Morgan fingerprint density at radius 1 is 1.07 bits per heavy atom. The summed E-state index contributed by atoms with van der Waals surface area (Å²) in [5, 5.41) is 6.45. The fourth-order valence-electron chi connectivity index (χ4n) is 3.17. The highest BCUT2D eigenvalue weighted by Crippen LogP contribution is 2.14. The zero-order valence-corrected chi connectivity index (χ0v) is 17.8. The number of likely N-dealkylation sites (tertiary alicyclic amines) is 1. The van der Waals surface area contributed by atoms with Crippen molar-refractivity contribution in [2.45, 2.75) is 52.1 Å². The number of guanidine groups is 1. The molecule has 6 nitrogen and oxygen atoms in total. The van der Waals surface area contributed by atoms with E-state index in [4.69, 9.17) is 0 Å². The first-order valence-corrected chi connectivity index (χ1v) is 10.6. The van der Waals surface area contributed by atoms with E-state index in [1.165, 1.54) is 43.5 Å². The summed E-state index contributed by atoms with van der Waals surface area (Å²) in [5.74, 6) is 0.730. The van der Waals surface area contributed by atoms with Crippen molar-refractivity contribution in [3.63, 3.8) is 0 Å². The summed E-state index contributed by atoms with van der Waals surface area (Å²) in [5.41, 5.74) is 2.54. The molecule has 1 saturated heterocycles. The Morgan fingerprint density at radius 2 is 1.75 bits per heavy atom. The average molecular weight is 388 g/mol. The minimum absolute atomic E-state index is 0.0343. The first kappa shape index (κ1) is 22.2. The number of amides is 1. The summed E-state index contributed by atoms with van der Waals surface area (Å²) in [6.45, 7) is 7.34. The van der Waals surface area contributed by atoms with Gasteiger partial charge in [-0.3, -0.25) is 9.69 Å². The lowest BCUT2D eigenvalue weighted by atomic mass is 10.1. The molecule has 1 fully saturated rings. The van der Waals surface area contributed by atoms with Crippen LogP contribution in [0.3, 0.4) is 0 Å². The van der Waals surface area contributed by atoms with Gasteiger partial charge in [-0.2, -0.15) is 0 Å². The first-order valence-electron chi connectivity index (χ1n) is 10.6. The minimum atomic E-state index is 0.0343. The van der Waals surface area contributed by atoms with E-state index in [0.29, 0.717) is 12.5 Å². The number of carbonyl (C=O) groups is 1. The predicted molar refractivity (Wildman–Crippen MR) is 116 cm³/mol. The number of piperidine rings is 1. The predicted octanol–water partition coefficient (Wildman–Crippen LogP) is 2.60. The highest BCUT2D eigenvalue weighted by molar-refractivity contribution is 5.86. The Morgan fingerprint density at radius 3 is 2.39 bits per heavy atom. The van der Waals surface area contributed by atoms with Crippen molar-refractivity contribution in [3.8, 4) is 0 Å². The number of rotatable bonds is 9. The second kappa shape index (κ2) is 12.4. The van der Waals surface area contributed by atoms with Crippen molar-refractivity contribution in [2.75, 3.05) is 40.3 Å². The number of carbonyl (C=O) groups excluding carboxylic acids is 1. The van der Waals surface area contributed by atoms with Gasteiger partial charge in [0.2, 0.25) is 5.91 Å². The van der Waals surface area contributed by atoms with Gasteiger partial charge in [-0.25, -0.2) is 4.99 Å².